The van der Waals surface area contributed by atoms with Crippen LogP contribution in [0.2, 0.25) is 0 Å². The van der Waals surface area contributed by atoms with E-state index >= 15 is 0 Å². The van der Waals surface area contributed by atoms with Crippen LogP contribution in [0.4, 0.5) is 17.1 Å². The van der Waals surface area contributed by atoms with Gasteiger partial charge in [-0.3, -0.25) is 9.59 Å². The molecule has 2 aromatic rings. The van der Waals surface area contributed by atoms with Crippen molar-refractivity contribution in [1.82, 2.24) is 0 Å². The van der Waals surface area contributed by atoms with Gasteiger partial charge in [-0.2, -0.15) is 0 Å². The lowest BCUT2D eigenvalue weighted by Crippen LogP contribution is -2.27. The van der Waals surface area contributed by atoms with Crippen LogP contribution in [0.15, 0.2) is 48.5 Å². The van der Waals surface area contributed by atoms with Crippen molar-refractivity contribution in [3.05, 3.63) is 48.5 Å². The van der Waals surface area contributed by atoms with Crippen LogP contribution >= 0.6 is 0 Å². The smallest absolute Gasteiger partial charge is 0.243 e. The summed E-state index contributed by atoms with van der Waals surface area (Å²) in [4.78, 5) is 24.4. The van der Waals surface area contributed by atoms with Crippen molar-refractivity contribution in [1.29, 1.82) is 0 Å². The maximum atomic E-state index is 12.3. The second kappa shape index (κ2) is 10.3. The number of carbonyl (C=O) groups excluding carboxylic acids is 2. The summed E-state index contributed by atoms with van der Waals surface area (Å²) in [6.07, 6.45) is 2.29. The first-order chi connectivity index (χ1) is 14.8. The minimum absolute atomic E-state index is 0.0643. The topological polar surface area (TPSA) is 88.7 Å². The Bertz CT molecular complexity index is 884. The maximum Gasteiger partial charge on any atom is 0.243 e. The summed E-state index contributed by atoms with van der Waals surface area (Å²) < 4.78 is 11.3. The number of hydrogen-bond donors (Lipinski definition) is 3. The van der Waals surface area contributed by atoms with Crippen LogP contribution in [0.25, 0.3) is 0 Å². The van der Waals surface area contributed by atoms with E-state index in [-0.39, 0.29) is 24.5 Å². The molecular formula is C24H31N3O4. The highest BCUT2D eigenvalue weighted by Gasteiger charge is 2.21. The Labute approximate surface area is 183 Å². The van der Waals surface area contributed by atoms with Crippen molar-refractivity contribution in [2.24, 2.45) is 5.41 Å². The second-order valence-corrected chi connectivity index (χ2v) is 8.66. The lowest BCUT2D eigenvalue weighted by Gasteiger charge is -2.18. The molecule has 3 rings (SSSR count). The van der Waals surface area contributed by atoms with Crippen molar-refractivity contribution in [3.63, 3.8) is 0 Å². The van der Waals surface area contributed by atoms with Gasteiger partial charge < -0.3 is 25.4 Å². The summed E-state index contributed by atoms with van der Waals surface area (Å²) >= 11 is 0. The molecule has 1 unspecified atom stereocenters. The number of anilines is 3. The Morgan fingerprint density at radius 3 is 2.45 bits per heavy atom. The van der Waals surface area contributed by atoms with Gasteiger partial charge in [0.25, 0.3) is 0 Å². The predicted molar refractivity (Wildman–Crippen MR) is 123 cm³/mol. The van der Waals surface area contributed by atoms with E-state index < -0.39 is 5.41 Å². The van der Waals surface area contributed by atoms with Crippen LogP contribution in [-0.4, -0.2) is 37.7 Å². The van der Waals surface area contributed by atoms with Gasteiger partial charge in [0.05, 0.1) is 12.6 Å². The van der Waals surface area contributed by atoms with Crippen LogP contribution in [-0.2, 0) is 14.3 Å². The lowest BCUT2D eigenvalue weighted by molar-refractivity contribution is -0.123. The van der Waals surface area contributed by atoms with E-state index in [0.717, 1.165) is 30.9 Å². The monoisotopic (exact) mass is 425 g/mol. The Kier molecular flexibility index (Phi) is 7.52. The third kappa shape index (κ3) is 7.29. The van der Waals surface area contributed by atoms with Crippen LogP contribution in [0.3, 0.4) is 0 Å². The van der Waals surface area contributed by atoms with Crippen molar-refractivity contribution in [2.75, 3.05) is 35.7 Å². The van der Waals surface area contributed by atoms with Crippen molar-refractivity contribution < 1.29 is 19.1 Å². The van der Waals surface area contributed by atoms with Crippen molar-refractivity contribution in [3.8, 4) is 5.75 Å². The Balaban J connectivity index is 1.44. The van der Waals surface area contributed by atoms with Gasteiger partial charge in [-0.1, -0.05) is 26.8 Å². The summed E-state index contributed by atoms with van der Waals surface area (Å²) in [5.74, 6) is 0.517. The van der Waals surface area contributed by atoms with Crippen LogP contribution in [0.5, 0.6) is 5.75 Å². The van der Waals surface area contributed by atoms with Crippen molar-refractivity contribution >= 4 is 28.9 Å². The molecular weight excluding hydrogens is 394 g/mol. The first kappa shape index (κ1) is 22.6. The molecule has 2 amide bonds. The highest BCUT2D eigenvalue weighted by atomic mass is 16.5. The molecule has 0 aliphatic carbocycles. The van der Waals surface area contributed by atoms with E-state index in [1.807, 2.05) is 63.2 Å². The number of ether oxygens (including phenoxy) is 2. The molecule has 1 atom stereocenters. The van der Waals surface area contributed by atoms with Gasteiger partial charge in [0.1, 0.15) is 12.4 Å². The van der Waals surface area contributed by atoms with Gasteiger partial charge in [-0.15, -0.1) is 0 Å². The first-order valence-corrected chi connectivity index (χ1v) is 10.6. The van der Waals surface area contributed by atoms with E-state index in [4.69, 9.17) is 9.47 Å². The van der Waals surface area contributed by atoms with Crippen LogP contribution < -0.4 is 20.7 Å². The van der Waals surface area contributed by atoms with E-state index in [1.54, 1.807) is 6.07 Å². The lowest BCUT2D eigenvalue weighted by atomic mass is 9.95. The minimum atomic E-state index is -0.478. The Morgan fingerprint density at radius 2 is 1.77 bits per heavy atom. The fraction of sp³-hybridized carbons (Fsp3) is 0.417. The van der Waals surface area contributed by atoms with Crippen LogP contribution in [0, 0.1) is 5.41 Å². The maximum absolute atomic E-state index is 12.3. The number of rotatable bonds is 8. The largest absolute Gasteiger partial charge is 0.491 e. The molecule has 0 aromatic heterocycles. The van der Waals surface area contributed by atoms with Gasteiger partial charge >= 0.3 is 0 Å². The zero-order valence-electron chi connectivity index (χ0n) is 18.4. The van der Waals surface area contributed by atoms with Gasteiger partial charge in [0, 0.05) is 29.1 Å². The number of nitrogens with one attached hydrogen (secondary N) is 3. The summed E-state index contributed by atoms with van der Waals surface area (Å²) in [7, 11) is 0. The number of carbonyl (C=O) groups is 2. The molecule has 7 heteroatoms. The molecule has 1 saturated heterocycles. The number of amides is 2. The van der Waals surface area contributed by atoms with Crippen LogP contribution in [0.1, 0.15) is 33.6 Å². The molecule has 0 spiro atoms. The zero-order valence-corrected chi connectivity index (χ0v) is 18.4. The molecule has 3 N–H and O–H groups in total. The highest BCUT2D eigenvalue weighted by molar-refractivity contribution is 5.95. The van der Waals surface area contributed by atoms with Gasteiger partial charge in [-0.05, 0) is 55.3 Å². The summed E-state index contributed by atoms with van der Waals surface area (Å²) in [6.45, 7) is 7.04. The fourth-order valence-corrected chi connectivity index (χ4v) is 3.01. The third-order valence-corrected chi connectivity index (χ3v) is 4.85. The van der Waals surface area contributed by atoms with Gasteiger partial charge in [-0.25, -0.2) is 0 Å². The third-order valence-electron chi connectivity index (χ3n) is 4.85. The molecule has 31 heavy (non-hydrogen) atoms. The molecule has 0 bridgehead atoms. The minimum Gasteiger partial charge on any atom is -0.491 e. The summed E-state index contributed by atoms with van der Waals surface area (Å²) in [5, 5.41) is 8.81. The normalized spacial score (nSPS) is 15.9. The second-order valence-electron chi connectivity index (χ2n) is 8.66. The number of hydrogen-bond acceptors (Lipinski definition) is 5. The van der Waals surface area contributed by atoms with E-state index in [0.29, 0.717) is 18.0 Å². The summed E-state index contributed by atoms with van der Waals surface area (Å²) in [6, 6.07) is 14.6. The standard InChI is InChI=1S/C24H31N3O4/c1-24(2,3)23(29)27-19-7-4-6-18(14-19)25-15-22(28)26-17-9-11-20(12-10-17)31-16-21-8-5-13-30-21/h4,6-7,9-12,14,21,25H,5,8,13,15-16H2,1-3H3,(H,26,28)(H,27,29). The van der Waals surface area contributed by atoms with E-state index in [1.165, 1.54) is 0 Å². The molecule has 0 saturated carbocycles. The van der Waals surface area contributed by atoms with Gasteiger partial charge in [0.2, 0.25) is 11.8 Å². The fourth-order valence-electron chi connectivity index (χ4n) is 3.01. The molecule has 166 valence electrons. The molecule has 1 aliphatic rings. The average Bonchev–Trinajstić information content (AvgIpc) is 3.25. The molecule has 7 nitrogen and oxygen atoms in total. The molecule has 1 fully saturated rings. The SMILES string of the molecule is CC(C)(C)C(=O)Nc1cccc(NCC(=O)Nc2ccc(OCC3CCCO3)cc2)c1. The molecule has 1 aliphatic heterocycles. The Hall–Kier alpha value is -3.06. The van der Waals surface area contributed by atoms with E-state index in [9.17, 15) is 9.59 Å². The molecule has 1 heterocycles. The quantitative estimate of drug-likeness (QED) is 0.587. The molecule has 0 radical (unpaired) electrons. The summed E-state index contributed by atoms with van der Waals surface area (Å²) in [5.41, 5.74) is 1.65. The first-order valence-electron chi connectivity index (χ1n) is 10.6. The Morgan fingerprint density at radius 1 is 1.03 bits per heavy atom. The zero-order chi connectivity index (χ0) is 22.3. The molecule has 2 aromatic carbocycles. The van der Waals surface area contributed by atoms with Crippen molar-refractivity contribution in [2.45, 2.75) is 39.7 Å². The number of benzene rings is 2. The average molecular weight is 426 g/mol. The predicted octanol–water partition coefficient (Wildman–Crippen LogP) is 4.28. The highest BCUT2D eigenvalue weighted by Crippen LogP contribution is 2.21. The van der Waals surface area contributed by atoms with E-state index in [2.05, 4.69) is 16.0 Å². The van der Waals surface area contributed by atoms with Gasteiger partial charge in [0.15, 0.2) is 0 Å².